The molecule has 0 aliphatic carbocycles. The molecule has 2 heterocycles. The Hall–Kier alpha value is -1.62. The number of ether oxygens (including phenoxy) is 1. The van der Waals surface area contributed by atoms with Gasteiger partial charge in [-0.1, -0.05) is 6.92 Å². The fourth-order valence-corrected chi connectivity index (χ4v) is 2.61. The maximum Gasteiger partial charge on any atom is 0.256 e. The van der Waals surface area contributed by atoms with Gasteiger partial charge in [-0.25, -0.2) is 4.98 Å². The van der Waals surface area contributed by atoms with Crippen LogP contribution < -0.4 is 10.1 Å². The van der Waals surface area contributed by atoms with Crippen molar-refractivity contribution in [1.82, 2.24) is 15.2 Å². The van der Waals surface area contributed by atoms with Crippen LogP contribution in [0.25, 0.3) is 0 Å². The Morgan fingerprint density at radius 2 is 2.24 bits per heavy atom. The largest absolute Gasteiger partial charge is 0.480 e. The van der Waals surface area contributed by atoms with E-state index in [0.29, 0.717) is 18.0 Å². The summed E-state index contributed by atoms with van der Waals surface area (Å²) in [4.78, 5) is 18.6. The minimum atomic E-state index is -0.118. The first-order chi connectivity index (χ1) is 10.2. The van der Waals surface area contributed by atoms with Gasteiger partial charge in [0.15, 0.2) is 0 Å². The first kappa shape index (κ1) is 15.8. The number of piperidine rings is 1. The number of pyridine rings is 1. The fourth-order valence-electron chi connectivity index (χ4n) is 2.61. The minimum Gasteiger partial charge on any atom is -0.480 e. The lowest BCUT2D eigenvalue weighted by Crippen LogP contribution is -2.35. The third-order valence-electron chi connectivity index (χ3n) is 4.02. The lowest BCUT2D eigenvalue weighted by Gasteiger charge is -2.30. The summed E-state index contributed by atoms with van der Waals surface area (Å²) in [5, 5.41) is 2.94. The fraction of sp³-hybridized carbons (Fsp3) is 0.625. The van der Waals surface area contributed by atoms with Crippen molar-refractivity contribution in [3.05, 3.63) is 23.9 Å². The van der Waals surface area contributed by atoms with E-state index in [4.69, 9.17) is 4.74 Å². The normalized spacial score (nSPS) is 16.7. The molecule has 1 N–H and O–H groups in total. The second kappa shape index (κ2) is 7.98. The number of amides is 1. The molecule has 1 aromatic rings. The number of carbonyl (C=O) groups excluding carboxylic acids is 1. The van der Waals surface area contributed by atoms with Crippen molar-refractivity contribution in [1.29, 1.82) is 0 Å². The molecule has 116 valence electrons. The molecule has 0 bridgehead atoms. The van der Waals surface area contributed by atoms with Crippen molar-refractivity contribution in [3.8, 4) is 5.88 Å². The van der Waals surface area contributed by atoms with E-state index < -0.39 is 0 Å². The smallest absolute Gasteiger partial charge is 0.256 e. The van der Waals surface area contributed by atoms with E-state index in [1.807, 2.05) is 0 Å². The number of likely N-dealkylation sites (tertiary alicyclic amines) is 1. The molecule has 0 saturated carbocycles. The van der Waals surface area contributed by atoms with Crippen molar-refractivity contribution in [2.24, 2.45) is 5.92 Å². The van der Waals surface area contributed by atoms with Crippen molar-refractivity contribution in [3.63, 3.8) is 0 Å². The molecule has 0 aromatic carbocycles. The van der Waals surface area contributed by atoms with Crippen LogP contribution in [0, 0.1) is 5.92 Å². The van der Waals surface area contributed by atoms with Crippen LogP contribution in [0.3, 0.4) is 0 Å². The summed E-state index contributed by atoms with van der Waals surface area (Å²) in [7, 11) is 1.52. The average Bonchev–Trinajstić information content (AvgIpc) is 2.53. The molecule has 2 rings (SSSR count). The first-order valence-corrected chi connectivity index (χ1v) is 7.70. The van der Waals surface area contributed by atoms with Gasteiger partial charge < -0.3 is 15.0 Å². The number of hydrogen-bond acceptors (Lipinski definition) is 4. The highest BCUT2D eigenvalue weighted by Gasteiger charge is 2.15. The van der Waals surface area contributed by atoms with Gasteiger partial charge in [-0.05, 0) is 56.9 Å². The highest BCUT2D eigenvalue weighted by molar-refractivity contribution is 5.96. The number of methoxy groups -OCH3 is 1. The van der Waals surface area contributed by atoms with Gasteiger partial charge in [0.1, 0.15) is 5.56 Å². The third kappa shape index (κ3) is 4.70. The van der Waals surface area contributed by atoms with Crippen LogP contribution in [0.4, 0.5) is 0 Å². The van der Waals surface area contributed by atoms with Crippen molar-refractivity contribution >= 4 is 5.91 Å². The van der Waals surface area contributed by atoms with E-state index in [2.05, 4.69) is 22.1 Å². The average molecular weight is 291 g/mol. The Morgan fingerprint density at radius 1 is 1.48 bits per heavy atom. The Morgan fingerprint density at radius 3 is 2.95 bits per heavy atom. The standard InChI is InChI=1S/C16H25N3O2/c1-13-6-11-19(12-7-13)10-4-9-17-15(20)14-5-3-8-18-16(14)21-2/h3,5,8,13H,4,6-7,9-12H2,1-2H3,(H,17,20). The molecule has 0 atom stereocenters. The molecular weight excluding hydrogens is 266 g/mol. The molecule has 1 aliphatic heterocycles. The molecule has 21 heavy (non-hydrogen) atoms. The lowest BCUT2D eigenvalue weighted by atomic mass is 9.99. The molecule has 1 aliphatic rings. The SMILES string of the molecule is COc1ncccc1C(=O)NCCCN1CCC(C)CC1. The van der Waals surface area contributed by atoms with Crippen LogP contribution in [-0.4, -0.2) is 49.1 Å². The van der Waals surface area contributed by atoms with Crippen LogP contribution >= 0.6 is 0 Å². The number of hydrogen-bond donors (Lipinski definition) is 1. The number of nitrogens with one attached hydrogen (secondary N) is 1. The van der Waals surface area contributed by atoms with E-state index in [9.17, 15) is 4.79 Å². The number of aromatic nitrogens is 1. The Kier molecular flexibility index (Phi) is 5.99. The zero-order valence-electron chi connectivity index (χ0n) is 13.0. The van der Waals surface area contributed by atoms with Crippen LogP contribution in [0.5, 0.6) is 5.88 Å². The van der Waals surface area contributed by atoms with Crippen molar-refractivity contribution in [2.75, 3.05) is 33.3 Å². The molecule has 5 heteroatoms. The molecular formula is C16H25N3O2. The molecule has 1 aromatic heterocycles. The zero-order valence-corrected chi connectivity index (χ0v) is 13.0. The van der Waals surface area contributed by atoms with E-state index >= 15 is 0 Å². The Labute approximate surface area is 126 Å². The number of carbonyl (C=O) groups is 1. The molecule has 1 saturated heterocycles. The summed E-state index contributed by atoms with van der Waals surface area (Å²) in [6, 6.07) is 3.47. The van der Waals surface area contributed by atoms with Crippen LogP contribution in [0.1, 0.15) is 36.5 Å². The zero-order chi connectivity index (χ0) is 15.1. The monoisotopic (exact) mass is 291 g/mol. The van der Waals surface area contributed by atoms with Gasteiger partial charge in [0, 0.05) is 12.7 Å². The summed E-state index contributed by atoms with van der Waals surface area (Å²) in [6.07, 6.45) is 5.17. The predicted octanol–water partition coefficient (Wildman–Crippen LogP) is 1.94. The molecule has 0 radical (unpaired) electrons. The van der Waals surface area contributed by atoms with Gasteiger partial charge in [-0.2, -0.15) is 0 Å². The number of rotatable bonds is 6. The third-order valence-corrected chi connectivity index (χ3v) is 4.02. The topological polar surface area (TPSA) is 54.5 Å². The van der Waals surface area contributed by atoms with Crippen LogP contribution in [-0.2, 0) is 0 Å². The van der Waals surface area contributed by atoms with E-state index in [-0.39, 0.29) is 5.91 Å². The molecule has 1 fully saturated rings. The predicted molar refractivity (Wildman–Crippen MR) is 82.6 cm³/mol. The van der Waals surface area contributed by atoms with Crippen LogP contribution in [0.15, 0.2) is 18.3 Å². The second-order valence-corrected chi connectivity index (χ2v) is 5.69. The summed E-state index contributed by atoms with van der Waals surface area (Å²) >= 11 is 0. The molecule has 1 amide bonds. The maximum atomic E-state index is 12.1. The van der Waals surface area contributed by atoms with Gasteiger partial charge in [0.2, 0.25) is 5.88 Å². The summed E-state index contributed by atoms with van der Waals surface area (Å²) in [5.74, 6) is 1.12. The van der Waals surface area contributed by atoms with Crippen molar-refractivity contribution < 1.29 is 9.53 Å². The molecule has 0 unspecified atom stereocenters. The Balaban J connectivity index is 1.70. The van der Waals surface area contributed by atoms with Gasteiger partial charge >= 0.3 is 0 Å². The van der Waals surface area contributed by atoms with E-state index in [1.165, 1.54) is 33.0 Å². The van der Waals surface area contributed by atoms with E-state index in [0.717, 1.165) is 18.9 Å². The maximum absolute atomic E-state index is 12.1. The second-order valence-electron chi connectivity index (χ2n) is 5.69. The van der Waals surface area contributed by atoms with Crippen molar-refractivity contribution in [2.45, 2.75) is 26.2 Å². The summed E-state index contributed by atoms with van der Waals surface area (Å²) in [6.45, 7) is 6.43. The van der Waals surface area contributed by atoms with Gasteiger partial charge in [0.05, 0.1) is 7.11 Å². The van der Waals surface area contributed by atoms with E-state index in [1.54, 1.807) is 18.3 Å². The highest BCUT2D eigenvalue weighted by Crippen LogP contribution is 2.16. The highest BCUT2D eigenvalue weighted by atomic mass is 16.5. The van der Waals surface area contributed by atoms with Gasteiger partial charge in [0.25, 0.3) is 5.91 Å². The first-order valence-electron chi connectivity index (χ1n) is 7.70. The van der Waals surface area contributed by atoms with Gasteiger partial charge in [-0.3, -0.25) is 4.79 Å². The summed E-state index contributed by atoms with van der Waals surface area (Å²) < 4.78 is 5.10. The molecule has 0 spiro atoms. The Bertz CT molecular complexity index is 457. The minimum absolute atomic E-state index is 0.118. The number of nitrogens with zero attached hydrogens (tertiary/aromatic N) is 2. The summed E-state index contributed by atoms with van der Waals surface area (Å²) in [5.41, 5.74) is 0.492. The lowest BCUT2D eigenvalue weighted by molar-refractivity contribution is 0.0947. The quantitative estimate of drug-likeness (QED) is 0.814. The van der Waals surface area contributed by atoms with Crippen LogP contribution in [0.2, 0.25) is 0 Å². The van der Waals surface area contributed by atoms with Gasteiger partial charge in [-0.15, -0.1) is 0 Å². The molecule has 5 nitrogen and oxygen atoms in total.